The minimum atomic E-state index is -1.62. The van der Waals surface area contributed by atoms with E-state index in [1.807, 2.05) is 0 Å². The summed E-state index contributed by atoms with van der Waals surface area (Å²) in [6.07, 6.45) is -0.933. The number of aliphatic carboxylic acids is 1. The second kappa shape index (κ2) is 7.97. The van der Waals surface area contributed by atoms with Crippen molar-refractivity contribution < 1.29 is 28.7 Å². The van der Waals surface area contributed by atoms with Gasteiger partial charge >= 0.3 is 5.97 Å². The third kappa shape index (κ3) is 4.14. The second-order valence-electron chi connectivity index (χ2n) is 7.07. The Labute approximate surface area is 159 Å². The minimum Gasteiger partial charge on any atom is -0.481 e. The van der Waals surface area contributed by atoms with E-state index in [-0.39, 0.29) is 44.7 Å². The monoisotopic (exact) mass is 392 g/mol. The number of nitrogens with zero attached hydrogens (tertiary/aromatic N) is 1. The number of piperidine rings is 1. The molecule has 1 amide bonds. The molecule has 9 heteroatoms. The molecule has 0 radical (unpaired) electrons. The maximum absolute atomic E-state index is 13.5. The first kappa shape index (κ1) is 19.8. The predicted octanol–water partition coefficient (Wildman–Crippen LogP) is 0.946. The lowest BCUT2D eigenvalue weighted by molar-refractivity contribution is -0.165. The standard InChI is InChI=1S/C19H21FN2O6/c20-13-3-1-2-12(8-13)10-19(18(26)27)11-22(7-6-15(19)23)17(25)5-4-14-9-16(24)21-28-14/h1-3,8-9,15,23H,4-7,10-11H2,(H,21,24)(H,26,27)/t15-,19+/m0/s1. The Hall–Kier alpha value is -2.94. The zero-order valence-corrected chi connectivity index (χ0v) is 15.1. The van der Waals surface area contributed by atoms with E-state index in [1.54, 1.807) is 6.07 Å². The van der Waals surface area contributed by atoms with Gasteiger partial charge in [-0.2, -0.15) is 5.16 Å². The lowest BCUT2D eigenvalue weighted by Gasteiger charge is -2.43. The lowest BCUT2D eigenvalue weighted by atomic mass is 9.72. The highest BCUT2D eigenvalue weighted by atomic mass is 19.1. The number of amides is 1. The fourth-order valence-electron chi connectivity index (χ4n) is 3.60. The number of carboxylic acids is 1. The molecule has 2 heterocycles. The Morgan fingerprint density at radius 3 is 2.79 bits per heavy atom. The van der Waals surface area contributed by atoms with Crippen molar-refractivity contribution in [2.24, 2.45) is 5.41 Å². The molecule has 3 rings (SSSR count). The number of aromatic amines is 1. The van der Waals surface area contributed by atoms with Gasteiger partial charge in [0.1, 0.15) is 17.0 Å². The molecule has 0 aliphatic carbocycles. The van der Waals surface area contributed by atoms with Gasteiger partial charge in [-0.05, 0) is 30.5 Å². The van der Waals surface area contributed by atoms with Gasteiger partial charge in [-0.25, -0.2) is 4.39 Å². The predicted molar refractivity (Wildman–Crippen MR) is 95.0 cm³/mol. The number of aliphatic hydroxyl groups excluding tert-OH is 1. The van der Waals surface area contributed by atoms with Gasteiger partial charge in [0.2, 0.25) is 5.91 Å². The maximum Gasteiger partial charge on any atom is 0.314 e. The Kier molecular flexibility index (Phi) is 5.64. The Balaban J connectivity index is 1.75. The van der Waals surface area contributed by atoms with E-state index < -0.39 is 28.9 Å². The Morgan fingerprint density at radius 2 is 2.14 bits per heavy atom. The summed E-state index contributed by atoms with van der Waals surface area (Å²) in [6, 6.07) is 6.80. The molecule has 28 heavy (non-hydrogen) atoms. The zero-order chi connectivity index (χ0) is 20.3. The normalized spacial score (nSPS) is 22.2. The molecule has 1 aliphatic heterocycles. The summed E-state index contributed by atoms with van der Waals surface area (Å²) in [5.74, 6) is -1.71. The number of H-pyrrole nitrogens is 1. The topological polar surface area (TPSA) is 124 Å². The molecule has 0 spiro atoms. The van der Waals surface area contributed by atoms with Gasteiger partial charge in [0.15, 0.2) is 0 Å². The van der Waals surface area contributed by atoms with Gasteiger partial charge in [-0.15, -0.1) is 0 Å². The number of aliphatic hydroxyl groups is 1. The number of carboxylic acid groups (broad SMARTS) is 1. The number of aromatic nitrogens is 1. The number of likely N-dealkylation sites (tertiary alicyclic amines) is 1. The number of carbonyl (C=O) groups excluding carboxylic acids is 1. The van der Waals surface area contributed by atoms with Gasteiger partial charge in [0, 0.05) is 32.0 Å². The fraction of sp³-hybridized carbons (Fsp3) is 0.421. The summed E-state index contributed by atoms with van der Waals surface area (Å²) in [6.45, 7) is 0.0329. The molecule has 2 atom stereocenters. The highest BCUT2D eigenvalue weighted by molar-refractivity contribution is 5.80. The molecular weight excluding hydrogens is 371 g/mol. The highest BCUT2D eigenvalue weighted by Crippen LogP contribution is 2.35. The number of nitrogens with one attached hydrogen (secondary N) is 1. The van der Waals surface area contributed by atoms with Crippen molar-refractivity contribution >= 4 is 11.9 Å². The smallest absolute Gasteiger partial charge is 0.314 e. The fourth-order valence-corrected chi connectivity index (χ4v) is 3.60. The van der Waals surface area contributed by atoms with Gasteiger partial charge in [0.25, 0.3) is 5.56 Å². The van der Waals surface area contributed by atoms with Gasteiger partial charge in [-0.3, -0.25) is 14.4 Å². The molecule has 8 nitrogen and oxygen atoms in total. The first-order chi connectivity index (χ1) is 13.3. The van der Waals surface area contributed by atoms with E-state index >= 15 is 0 Å². The van der Waals surface area contributed by atoms with E-state index in [1.165, 1.54) is 29.2 Å². The summed E-state index contributed by atoms with van der Waals surface area (Å²) >= 11 is 0. The molecule has 1 saturated heterocycles. The lowest BCUT2D eigenvalue weighted by Crippen LogP contribution is -2.58. The number of hydrogen-bond donors (Lipinski definition) is 3. The van der Waals surface area contributed by atoms with Gasteiger partial charge in [0.05, 0.1) is 6.10 Å². The average molecular weight is 392 g/mol. The van der Waals surface area contributed by atoms with Crippen LogP contribution < -0.4 is 5.56 Å². The number of benzene rings is 1. The highest BCUT2D eigenvalue weighted by Gasteiger charge is 2.50. The molecule has 150 valence electrons. The van der Waals surface area contributed by atoms with E-state index in [0.29, 0.717) is 11.3 Å². The van der Waals surface area contributed by atoms with Crippen LogP contribution in [-0.2, 0) is 22.4 Å². The van der Waals surface area contributed by atoms with Crippen LogP contribution in [0.5, 0.6) is 0 Å². The third-order valence-corrected chi connectivity index (χ3v) is 5.13. The quantitative estimate of drug-likeness (QED) is 0.672. The molecule has 1 fully saturated rings. The molecule has 2 aromatic rings. The zero-order valence-electron chi connectivity index (χ0n) is 15.1. The van der Waals surface area contributed by atoms with Crippen LogP contribution in [0.25, 0.3) is 0 Å². The van der Waals surface area contributed by atoms with Crippen LogP contribution in [-0.4, -0.2) is 51.3 Å². The minimum absolute atomic E-state index is 0.0343. The number of halogens is 1. The van der Waals surface area contributed by atoms with Crippen LogP contribution in [0.4, 0.5) is 4.39 Å². The van der Waals surface area contributed by atoms with Crippen LogP contribution in [0, 0.1) is 11.2 Å². The molecular formula is C19H21FN2O6. The van der Waals surface area contributed by atoms with Gasteiger partial charge < -0.3 is 19.6 Å². The third-order valence-electron chi connectivity index (χ3n) is 5.13. The Bertz CT molecular complexity index is 923. The molecule has 0 unspecified atom stereocenters. The van der Waals surface area contributed by atoms with Crippen molar-refractivity contribution in [3.63, 3.8) is 0 Å². The van der Waals surface area contributed by atoms with Crippen LogP contribution in [0.3, 0.4) is 0 Å². The first-order valence-electron chi connectivity index (χ1n) is 8.91. The van der Waals surface area contributed by atoms with Crippen LogP contribution in [0.1, 0.15) is 24.2 Å². The van der Waals surface area contributed by atoms with E-state index in [0.717, 1.165) is 0 Å². The Morgan fingerprint density at radius 1 is 1.36 bits per heavy atom. The van der Waals surface area contributed by atoms with Gasteiger partial charge in [-0.1, -0.05) is 12.1 Å². The van der Waals surface area contributed by atoms with Crippen molar-refractivity contribution in [2.75, 3.05) is 13.1 Å². The van der Waals surface area contributed by atoms with E-state index in [9.17, 15) is 29.0 Å². The summed E-state index contributed by atoms with van der Waals surface area (Å²) in [4.78, 5) is 37.1. The molecule has 1 aromatic carbocycles. The summed E-state index contributed by atoms with van der Waals surface area (Å²) < 4.78 is 18.4. The molecule has 0 bridgehead atoms. The largest absolute Gasteiger partial charge is 0.481 e. The molecule has 1 aliphatic rings. The van der Waals surface area contributed by atoms with Crippen molar-refractivity contribution in [1.82, 2.24) is 10.1 Å². The molecule has 3 N–H and O–H groups in total. The van der Waals surface area contributed by atoms with Crippen molar-refractivity contribution in [2.45, 2.75) is 31.8 Å². The molecule has 0 saturated carbocycles. The van der Waals surface area contributed by atoms with Crippen molar-refractivity contribution in [3.8, 4) is 0 Å². The van der Waals surface area contributed by atoms with Crippen molar-refractivity contribution in [1.29, 1.82) is 0 Å². The van der Waals surface area contributed by atoms with Crippen LogP contribution >= 0.6 is 0 Å². The average Bonchev–Trinajstić information content (AvgIpc) is 3.06. The maximum atomic E-state index is 13.5. The SMILES string of the molecule is O=C(CCc1cc(=O)[nH]o1)N1CC[C@H](O)[C@](Cc2cccc(F)c2)(C(=O)O)C1. The van der Waals surface area contributed by atoms with E-state index in [4.69, 9.17) is 4.52 Å². The summed E-state index contributed by atoms with van der Waals surface area (Å²) in [5, 5.41) is 22.5. The van der Waals surface area contributed by atoms with Crippen LogP contribution in [0.15, 0.2) is 39.6 Å². The molecule has 1 aromatic heterocycles. The first-order valence-corrected chi connectivity index (χ1v) is 8.91. The van der Waals surface area contributed by atoms with Crippen LogP contribution in [0.2, 0.25) is 0 Å². The van der Waals surface area contributed by atoms with E-state index in [2.05, 4.69) is 5.16 Å². The second-order valence-corrected chi connectivity index (χ2v) is 7.07. The number of hydrogen-bond acceptors (Lipinski definition) is 5. The number of aryl methyl sites for hydroxylation is 1. The number of carbonyl (C=O) groups is 2. The summed E-state index contributed by atoms with van der Waals surface area (Å²) in [5.41, 5.74) is -1.59. The van der Waals surface area contributed by atoms with Crippen molar-refractivity contribution in [3.05, 3.63) is 57.8 Å². The number of rotatable bonds is 6. The summed E-state index contributed by atoms with van der Waals surface area (Å²) in [7, 11) is 0.